The van der Waals surface area contributed by atoms with E-state index in [1.165, 1.54) is 5.56 Å². The normalized spacial score (nSPS) is 15.8. The quantitative estimate of drug-likeness (QED) is 0.480. The molecule has 2 aromatic carbocycles. The summed E-state index contributed by atoms with van der Waals surface area (Å²) in [4.78, 5) is 0. The average Bonchev–Trinajstić information content (AvgIpc) is 2.61. The zero-order valence-electron chi connectivity index (χ0n) is 19.5. The molecule has 3 nitrogen and oxygen atoms in total. The molecule has 4 heteroatoms. The van der Waals surface area contributed by atoms with Crippen LogP contribution >= 0.6 is 0 Å². The lowest BCUT2D eigenvalue weighted by molar-refractivity contribution is 0.159. The topological polar surface area (TPSA) is 27.7 Å². The number of hydrogen-bond donors (Lipinski definition) is 0. The molecule has 29 heavy (non-hydrogen) atoms. The van der Waals surface area contributed by atoms with E-state index in [0.29, 0.717) is 0 Å². The molecule has 0 aromatic heterocycles. The Morgan fingerprint density at radius 3 is 2.41 bits per heavy atom. The molecule has 0 unspecified atom stereocenters. The Hall–Kier alpha value is -1.94. The Bertz CT molecular complexity index is 949. The molecular formula is C25H36O3Si. The van der Waals surface area contributed by atoms with Crippen molar-refractivity contribution in [3.63, 3.8) is 0 Å². The van der Waals surface area contributed by atoms with Gasteiger partial charge in [0.2, 0.25) is 0 Å². The first-order valence-electron chi connectivity index (χ1n) is 10.6. The summed E-state index contributed by atoms with van der Waals surface area (Å²) in [6.45, 7) is 17.8. The van der Waals surface area contributed by atoms with Crippen LogP contribution in [0.5, 0.6) is 17.2 Å². The summed E-state index contributed by atoms with van der Waals surface area (Å²) >= 11 is 0. The molecule has 0 N–H and O–H groups in total. The van der Waals surface area contributed by atoms with Gasteiger partial charge in [-0.3, -0.25) is 0 Å². The molecule has 0 aliphatic carbocycles. The third-order valence-electron chi connectivity index (χ3n) is 6.22. The summed E-state index contributed by atoms with van der Waals surface area (Å²) < 4.78 is 19.0. The number of methoxy groups -OCH3 is 1. The molecule has 3 rings (SSSR count). The monoisotopic (exact) mass is 412 g/mol. The van der Waals surface area contributed by atoms with E-state index < -0.39 is 8.32 Å². The second kappa shape index (κ2) is 7.39. The van der Waals surface area contributed by atoms with Crippen LogP contribution in [0.3, 0.4) is 0 Å². The Kier molecular flexibility index (Phi) is 5.54. The van der Waals surface area contributed by atoms with Crippen molar-refractivity contribution in [2.75, 3.05) is 7.11 Å². The maximum Gasteiger partial charge on any atom is 0.250 e. The van der Waals surface area contributed by atoms with Crippen molar-refractivity contribution in [2.45, 2.75) is 78.1 Å². The summed E-state index contributed by atoms with van der Waals surface area (Å²) in [6.07, 6.45) is 6.30. The summed E-state index contributed by atoms with van der Waals surface area (Å²) in [5, 5.41) is 2.32. The molecule has 0 bridgehead atoms. The van der Waals surface area contributed by atoms with Crippen LogP contribution in [-0.4, -0.2) is 21.0 Å². The third-order valence-corrected chi connectivity index (χ3v) is 10.5. The van der Waals surface area contributed by atoms with Gasteiger partial charge in [0.05, 0.1) is 7.11 Å². The van der Waals surface area contributed by atoms with Crippen molar-refractivity contribution < 1.29 is 13.9 Å². The zero-order valence-corrected chi connectivity index (χ0v) is 20.5. The first-order valence-corrected chi connectivity index (χ1v) is 13.5. The number of ether oxygens (including phenoxy) is 2. The van der Waals surface area contributed by atoms with E-state index in [4.69, 9.17) is 13.9 Å². The van der Waals surface area contributed by atoms with Crippen molar-refractivity contribution in [3.8, 4) is 17.2 Å². The zero-order chi connectivity index (χ0) is 21.6. The van der Waals surface area contributed by atoms with Gasteiger partial charge in [-0.2, -0.15) is 0 Å². The van der Waals surface area contributed by atoms with E-state index in [-0.39, 0.29) is 10.6 Å². The standard InChI is InChI=1S/C25H36O3Si/c1-10-11-17-16-21(26-7)22-18-14-15-25(5,6)27-20(18)13-12-19(22)23(17)28-29(8,9)24(2,3)4/h12-16H,10-11H2,1-9H3. The van der Waals surface area contributed by atoms with Gasteiger partial charge in [-0.25, -0.2) is 0 Å². The van der Waals surface area contributed by atoms with Crippen LogP contribution in [0.25, 0.3) is 16.8 Å². The summed E-state index contributed by atoms with van der Waals surface area (Å²) in [6, 6.07) is 6.40. The number of hydrogen-bond acceptors (Lipinski definition) is 3. The second-order valence-corrected chi connectivity index (χ2v) is 14.8. The maximum absolute atomic E-state index is 6.91. The van der Waals surface area contributed by atoms with E-state index in [2.05, 4.69) is 85.0 Å². The molecule has 0 atom stereocenters. The van der Waals surface area contributed by atoms with Gasteiger partial charge >= 0.3 is 0 Å². The highest BCUT2D eigenvalue weighted by Gasteiger charge is 2.40. The molecule has 0 saturated heterocycles. The van der Waals surface area contributed by atoms with Crippen LogP contribution < -0.4 is 13.9 Å². The molecule has 0 saturated carbocycles. The van der Waals surface area contributed by atoms with Crippen LogP contribution in [0.1, 0.15) is 59.1 Å². The maximum atomic E-state index is 6.91. The van der Waals surface area contributed by atoms with Gasteiger partial charge in [-0.15, -0.1) is 0 Å². The summed E-state index contributed by atoms with van der Waals surface area (Å²) in [7, 11) is -0.254. The fourth-order valence-electron chi connectivity index (χ4n) is 3.52. The van der Waals surface area contributed by atoms with Gasteiger partial charge in [0.25, 0.3) is 8.32 Å². The Balaban J connectivity index is 2.31. The van der Waals surface area contributed by atoms with Gasteiger partial charge in [-0.05, 0) is 68.2 Å². The van der Waals surface area contributed by atoms with Crippen LogP contribution in [0.15, 0.2) is 24.3 Å². The molecule has 0 spiro atoms. The number of rotatable bonds is 5. The fraction of sp³-hybridized carbons (Fsp3) is 0.520. The van der Waals surface area contributed by atoms with Gasteiger partial charge in [0, 0.05) is 16.3 Å². The second-order valence-electron chi connectivity index (χ2n) is 10.1. The largest absolute Gasteiger partial charge is 0.543 e. The number of benzene rings is 2. The van der Waals surface area contributed by atoms with Crippen molar-refractivity contribution in [1.29, 1.82) is 0 Å². The van der Waals surface area contributed by atoms with E-state index in [0.717, 1.165) is 46.4 Å². The van der Waals surface area contributed by atoms with Gasteiger partial charge in [-0.1, -0.05) is 40.2 Å². The van der Waals surface area contributed by atoms with Crippen LogP contribution in [-0.2, 0) is 6.42 Å². The van der Waals surface area contributed by atoms with Crippen molar-refractivity contribution >= 4 is 25.2 Å². The summed E-state index contributed by atoms with van der Waals surface area (Å²) in [5.74, 6) is 2.80. The first kappa shape index (κ1) is 21.8. The minimum Gasteiger partial charge on any atom is -0.543 e. The Morgan fingerprint density at radius 2 is 1.83 bits per heavy atom. The van der Waals surface area contributed by atoms with Crippen LogP contribution in [0.4, 0.5) is 0 Å². The predicted molar refractivity (Wildman–Crippen MR) is 126 cm³/mol. The Morgan fingerprint density at radius 1 is 1.14 bits per heavy atom. The van der Waals surface area contributed by atoms with E-state index in [1.807, 2.05) is 0 Å². The molecule has 0 amide bonds. The minimum absolute atomic E-state index is 0.129. The lowest BCUT2D eigenvalue weighted by atomic mass is 9.94. The summed E-state index contributed by atoms with van der Waals surface area (Å²) in [5.41, 5.74) is 1.99. The van der Waals surface area contributed by atoms with Gasteiger partial charge in [0.15, 0.2) is 0 Å². The lowest BCUT2D eigenvalue weighted by Crippen LogP contribution is -2.44. The Labute approximate surface area is 177 Å². The molecular weight excluding hydrogens is 376 g/mol. The average molecular weight is 413 g/mol. The molecule has 1 aliphatic heterocycles. The van der Waals surface area contributed by atoms with Crippen molar-refractivity contribution in [3.05, 3.63) is 35.4 Å². The molecule has 2 aromatic rings. The molecule has 0 radical (unpaired) electrons. The number of aryl methyl sites for hydroxylation is 1. The van der Waals surface area contributed by atoms with Crippen molar-refractivity contribution in [2.24, 2.45) is 0 Å². The van der Waals surface area contributed by atoms with Gasteiger partial charge < -0.3 is 13.9 Å². The fourth-order valence-corrected chi connectivity index (χ4v) is 4.58. The van der Waals surface area contributed by atoms with Crippen molar-refractivity contribution in [1.82, 2.24) is 0 Å². The number of fused-ring (bicyclic) bond motifs is 3. The first-order chi connectivity index (χ1) is 13.4. The van der Waals surface area contributed by atoms with Crippen LogP contribution in [0, 0.1) is 0 Å². The van der Waals surface area contributed by atoms with E-state index >= 15 is 0 Å². The highest BCUT2D eigenvalue weighted by atomic mass is 28.4. The van der Waals surface area contributed by atoms with E-state index in [1.54, 1.807) is 7.11 Å². The van der Waals surface area contributed by atoms with E-state index in [9.17, 15) is 0 Å². The molecule has 1 aliphatic rings. The SMILES string of the molecule is CCCc1cc(OC)c2c3c(ccc2c1O[Si](C)(C)C(C)(C)C)OC(C)(C)C=C3. The predicted octanol–water partition coefficient (Wildman–Crippen LogP) is 7.37. The molecule has 158 valence electrons. The third kappa shape index (κ3) is 4.05. The van der Waals surface area contributed by atoms with Crippen LogP contribution in [0.2, 0.25) is 18.1 Å². The minimum atomic E-state index is -2.00. The molecule has 1 heterocycles. The smallest absolute Gasteiger partial charge is 0.250 e. The molecule has 0 fully saturated rings. The lowest BCUT2D eigenvalue weighted by Gasteiger charge is -2.38. The highest BCUT2D eigenvalue weighted by Crippen LogP contribution is 2.47. The van der Waals surface area contributed by atoms with Gasteiger partial charge in [0.1, 0.15) is 22.8 Å². The highest BCUT2D eigenvalue weighted by molar-refractivity contribution is 6.74.